The van der Waals surface area contributed by atoms with Gasteiger partial charge in [-0.3, -0.25) is 9.78 Å². The molecule has 154 valence electrons. The van der Waals surface area contributed by atoms with Crippen LogP contribution in [-0.4, -0.2) is 41.5 Å². The molecule has 7 heteroatoms. The molecule has 2 fully saturated rings. The maximum absolute atomic E-state index is 11.7. The Labute approximate surface area is 168 Å². The van der Waals surface area contributed by atoms with Crippen LogP contribution in [0.4, 0.5) is 0 Å². The maximum Gasteiger partial charge on any atom is 0.496 e. The van der Waals surface area contributed by atoms with Gasteiger partial charge in [-0.05, 0) is 72.3 Å². The third-order valence-corrected chi connectivity index (χ3v) is 6.89. The van der Waals surface area contributed by atoms with Crippen LogP contribution in [0.15, 0.2) is 18.3 Å². The minimum Gasteiger partial charge on any atom is -0.469 e. The number of hydrogen-bond donors (Lipinski definition) is 1. The summed E-state index contributed by atoms with van der Waals surface area (Å²) in [5.74, 6) is -0.151. The maximum atomic E-state index is 11.7. The van der Waals surface area contributed by atoms with E-state index in [4.69, 9.17) is 14.0 Å². The van der Waals surface area contributed by atoms with Crippen LogP contribution in [0.2, 0.25) is 0 Å². The largest absolute Gasteiger partial charge is 0.496 e. The number of carbonyl (C=O) groups is 1. The second-order valence-corrected chi connectivity index (χ2v) is 9.28. The Morgan fingerprint density at radius 1 is 1.18 bits per heavy atom. The Morgan fingerprint density at radius 2 is 1.75 bits per heavy atom. The summed E-state index contributed by atoms with van der Waals surface area (Å²) >= 11 is 0. The van der Waals surface area contributed by atoms with Crippen LogP contribution in [-0.2, 0) is 24.4 Å². The fourth-order valence-electron chi connectivity index (χ4n) is 4.09. The molecule has 1 saturated heterocycles. The van der Waals surface area contributed by atoms with Gasteiger partial charge in [0.2, 0.25) is 0 Å². The summed E-state index contributed by atoms with van der Waals surface area (Å²) in [6, 6.07) is 3.77. The molecule has 2 heterocycles. The van der Waals surface area contributed by atoms with Crippen molar-refractivity contribution in [3.63, 3.8) is 0 Å². The zero-order valence-corrected chi connectivity index (χ0v) is 17.8. The highest BCUT2D eigenvalue weighted by Crippen LogP contribution is 2.41. The highest BCUT2D eigenvalue weighted by atomic mass is 16.7. The summed E-state index contributed by atoms with van der Waals surface area (Å²) in [6.45, 7) is 9.88. The van der Waals surface area contributed by atoms with Gasteiger partial charge < -0.3 is 19.2 Å². The van der Waals surface area contributed by atoms with Crippen molar-refractivity contribution >= 4 is 18.6 Å². The molecule has 3 rings (SSSR count). The van der Waals surface area contributed by atoms with E-state index in [9.17, 15) is 9.90 Å². The molecule has 2 aliphatic rings. The lowest BCUT2D eigenvalue weighted by Crippen LogP contribution is -2.41. The van der Waals surface area contributed by atoms with E-state index in [1.807, 2.05) is 46.8 Å². The van der Waals surface area contributed by atoms with Crippen molar-refractivity contribution in [3.8, 4) is 0 Å². The van der Waals surface area contributed by atoms with Gasteiger partial charge in [0.1, 0.15) is 5.60 Å². The van der Waals surface area contributed by atoms with E-state index in [0.29, 0.717) is 5.69 Å². The Hall–Kier alpha value is -1.44. The van der Waals surface area contributed by atoms with E-state index in [-0.39, 0.29) is 17.8 Å². The SMILES string of the molecule is COC(=O)[C@H]1CC[C@H](C(C)(O)c2ccc(B3OC(C)(C)C(C)(C)O3)cn2)CC1. The fourth-order valence-corrected chi connectivity index (χ4v) is 4.09. The molecular formula is C21H32BNO5. The van der Waals surface area contributed by atoms with Gasteiger partial charge in [-0.1, -0.05) is 6.07 Å². The topological polar surface area (TPSA) is 77.9 Å². The summed E-state index contributed by atoms with van der Waals surface area (Å²) in [5, 5.41) is 11.2. The lowest BCUT2D eigenvalue weighted by Gasteiger charge is -2.37. The average molecular weight is 389 g/mol. The molecule has 1 aromatic rings. The third kappa shape index (κ3) is 3.84. The molecule has 0 aromatic carbocycles. The van der Waals surface area contributed by atoms with Crippen LogP contribution in [0.25, 0.3) is 0 Å². The fraction of sp³-hybridized carbons (Fsp3) is 0.714. The van der Waals surface area contributed by atoms with Crippen molar-refractivity contribution in [3.05, 3.63) is 24.0 Å². The first-order valence-corrected chi connectivity index (χ1v) is 10.1. The molecule has 1 saturated carbocycles. The molecule has 1 aromatic heterocycles. The number of rotatable bonds is 4. The summed E-state index contributed by atoms with van der Waals surface area (Å²) in [6.07, 6.45) is 4.74. The molecule has 1 aliphatic carbocycles. The average Bonchev–Trinajstić information content (AvgIpc) is 2.88. The smallest absolute Gasteiger partial charge is 0.469 e. The number of methoxy groups -OCH3 is 1. The van der Waals surface area contributed by atoms with Crippen LogP contribution in [0, 0.1) is 11.8 Å². The monoisotopic (exact) mass is 389 g/mol. The van der Waals surface area contributed by atoms with E-state index in [1.165, 1.54) is 7.11 Å². The second-order valence-electron chi connectivity index (χ2n) is 9.28. The highest BCUT2D eigenvalue weighted by molar-refractivity contribution is 6.62. The summed E-state index contributed by atoms with van der Waals surface area (Å²) in [7, 11) is 0.961. The van der Waals surface area contributed by atoms with Crippen molar-refractivity contribution in [1.29, 1.82) is 0 Å². The predicted molar refractivity (Wildman–Crippen MR) is 107 cm³/mol. The van der Waals surface area contributed by atoms with Crippen molar-refractivity contribution in [1.82, 2.24) is 4.98 Å². The minimum absolute atomic E-state index is 0.0589. The number of hydrogen-bond acceptors (Lipinski definition) is 6. The number of aromatic nitrogens is 1. The normalized spacial score (nSPS) is 28.6. The molecule has 0 bridgehead atoms. The van der Waals surface area contributed by atoms with Crippen LogP contribution in [0.5, 0.6) is 0 Å². The number of esters is 1. The lowest BCUT2D eigenvalue weighted by atomic mass is 9.72. The Bertz CT molecular complexity index is 692. The zero-order valence-electron chi connectivity index (χ0n) is 17.8. The standard InChI is InChI=1S/C21H32BNO5/c1-19(2)20(3,4)28-22(27-19)16-11-12-17(23-13-16)21(5,25)15-9-7-14(8-10-15)18(24)26-6/h11-15,25H,7-10H2,1-6H3/t14-,15-,21?. The van der Waals surface area contributed by atoms with Gasteiger partial charge in [0.15, 0.2) is 0 Å². The number of nitrogens with zero attached hydrogens (tertiary/aromatic N) is 1. The highest BCUT2D eigenvalue weighted by Gasteiger charge is 2.52. The van der Waals surface area contributed by atoms with Crippen LogP contribution >= 0.6 is 0 Å². The molecule has 28 heavy (non-hydrogen) atoms. The third-order valence-electron chi connectivity index (χ3n) is 6.89. The van der Waals surface area contributed by atoms with Crippen LogP contribution in [0.1, 0.15) is 66.0 Å². The van der Waals surface area contributed by atoms with Crippen molar-refractivity contribution < 1.29 is 23.9 Å². The first-order chi connectivity index (χ1) is 13.0. The van der Waals surface area contributed by atoms with E-state index in [0.717, 1.165) is 31.1 Å². The Morgan fingerprint density at radius 3 is 2.21 bits per heavy atom. The van der Waals surface area contributed by atoms with Crippen LogP contribution < -0.4 is 5.46 Å². The van der Waals surface area contributed by atoms with Gasteiger partial charge in [-0.15, -0.1) is 0 Å². The molecule has 6 nitrogen and oxygen atoms in total. The van der Waals surface area contributed by atoms with E-state index >= 15 is 0 Å². The Kier molecular flexibility index (Phi) is 5.65. The Balaban J connectivity index is 1.69. The number of pyridine rings is 1. The van der Waals surface area contributed by atoms with Gasteiger partial charge in [0.25, 0.3) is 0 Å². The first kappa shape index (κ1) is 21.3. The summed E-state index contributed by atoms with van der Waals surface area (Å²) in [5.41, 5.74) is -0.377. The van der Waals surface area contributed by atoms with E-state index in [1.54, 1.807) is 6.20 Å². The molecular weight excluding hydrogens is 357 g/mol. The predicted octanol–water partition coefficient (Wildman–Crippen LogP) is 2.57. The van der Waals surface area contributed by atoms with E-state index < -0.39 is 23.9 Å². The van der Waals surface area contributed by atoms with Crippen molar-refractivity contribution in [2.24, 2.45) is 11.8 Å². The van der Waals surface area contributed by atoms with Crippen molar-refractivity contribution in [2.45, 2.75) is 77.1 Å². The molecule has 0 radical (unpaired) electrons. The van der Waals surface area contributed by atoms with Gasteiger partial charge in [0, 0.05) is 11.7 Å². The second kappa shape index (κ2) is 7.43. The molecule has 1 N–H and O–H groups in total. The quantitative estimate of drug-likeness (QED) is 0.630. The first-order valence-electron chi connectivity index (χ1n) is 10.1. The van der Waals surface area contributed by atoms with Crippen LogP contribution in [0.3, 0.4) is 0 Å². The molecule has 1 aliphatic heterocycles. The van der Waals surface area contributed by atoms with Gasteiger partial charge in [0.05, 0.1) is 29.9 Å². The molecule has 0 amide bonds. The lowest BCUT2D eigenvalue weighted by molar-refractivity contribution is -0.148. The van der Waals surface area contributed by atoms with Gasteiger partial charge >= 0.3 is 13.1 Å². The summed E-state index contributed by atoms with van der Waals surface area (Å²) < 4.78 is 17.0. The molecule has 1 atom stereocenters. The summed E-state index contributed by atoms with van der Waals surface area (Å²) in [4.78, 5) is 16.3. The van der Waals surface area contributed by atoms with Crippen molar-refractivity contribution in [2.75, 3.05) is 7.11 Å². The number of ether oxygens (including phenoxy) is 1. The molecule has 1 unspecified atom stereocenters. The zero-order chi connectivity index (χ0) is 20.7. The van der Waals surface area contributed by atoms with Gasteiger partial charge in [-0.2, -0.15) is 0 Å². The van der Waals surface area contributed by atoms with Gasteiger partial charge in [-0.25, -0.2) is 0 Å². The molecule has 0 spiro atoms. The van der Waals surface area contributed by atoms with E-state index in [2.05, 4.69) is 4.98 Å². The minimum atomic E-state index is -1.05. The number of carbonyl (C=O) groups excluding carboxylic acids is 1. The number of aliphatic hydroxyl groups is 1.